The molecule has 0 aliphatic carbocycles. The minimum atomic E-state index is -0.262. The average molecular weight is 257 g/mol. The van der Waals surface area contributed by atoms with E-state index in [-0.39, 0.29) is 5.91 Å². The molecule has 0 fully saturated rings. The van der Waals surface area contributed by atoms with Crippen molar-refractivity contribution in [1.29, 1.82) is 0 Å². The van der Waals surface area contributed by atoms with Gasteiger partial charge in [-0.3, -0.25) is 4.79 Å². The monoisotopic (exact) mass is 256 g/mol. The van der Waals surface area contributed by atoms with Crippen LogP contribution in [0.4, 0.5) is 5.82 Å². The molecule has 1 rings (SSSR count). The summed E-state index contributed by atoms with van der Waals surface area (Å²) in [6.45, 7) is 4.40. The Morgan fingerprint density at radius 2 is 2.06 bits per heavy atom. The molecule has 1 heterocycles. The molecule has 3 N–H and O–H groups in total. The Morgan fingerprint density at radius 3 is 2.71 bits per heavy atom. The number of unbranched alkanes of at least 4 members (excludes halogenated alkanes) is 1. The van der Waals surface area contributed by atoms with Gasteiger partial charge in [0.05, 0.1) is 0 Å². The minimum Gasteiger partial charge on any atom is -0.370 e. The van der Waals surface area contributed by atoms with Crippen LogP contribution in [0.1, 0.15) is 30.7 Å². The molecule has 1 aromatic heterocycles. The first kappa shape index (κ1) is 13.7. The second kappa shape index (κ2) is 6.39. The maximum atomic E-state index is 10.5. The highest BCUT2D eigenvalue weighted by atomic mass is 35.5. The highest BCUT2D eigenvalue weighted by molar-refractivity contribution is 6.30. The molecule has 0 atom stereocenters. The van der Waals surface area contributed by atoms with Gasteiger partial charge in [0.15, 0.2) is 0 Å². The largest absolute Gasteiger partial charge is 0.370 e. The van der Waals surface area contributed by atoms with E-state index >= 15 is 0 Å². The van der Waals surface area contributed by atoms with Crippen LogP contribution in [-0.4, -0.2) is 22.4 Å². The molecule has 0 bridgehead atoms. The number of aromatic nitrogens is 2. The van der Waals surface area contributed by atoms with Crippen molar-refractivity contribution >= 4 is 23.3 Å². The molecule has 94 valence electrons. The Hall–Kier alpha value is -1.36. The molecule has 0 aliphatic rings. The number of nitrogens with two attached hydrogens (primary N) is 1. The zero-order chi connectivity index (χ0) is 12.8. The summed E-state index contributed by atoms with van der Waals surface area (Å²) in [5.74, 6) is 1.13. The molecule has 5 nitrogen and oxygen atoms in total. The number of carbonyl (C=O) groups excluding carboxylic acids is 1. The lowest BCUT2D eigenvalue weighted by Gasteiger charge is -2.09. The quantitative estimate of drug-likeness (QED) is 0.601. The van der Waals surface area contributed by atoms with E-state index in [2.05, 4.69) is 15.3 Å². The number of aryl methyl sites for hydroxylation is 1. The Kier molecular flexibility index (Phi) is 5.15. The van der Waals surface area contributed by atoms with Gasteiger partial charge in [0, 0.05) is 18.5 Å². The SMILES string of the molecule is Cc1nc(Cl)c(C)c(NCCCCC(N)=O)n1. The van der Waals surface area contributed by atoms with Gasteiger partial charge in [-0.1, -0.05) is 11.6 Å². The highest BCUT2D eigenvalue weighted by Crippen LogP contribution is 2.19. The van der Waals surface area contributed by atoms with Gasteiger partial charge in [0.1, 0.15) is 16.8 Å². The number of carbonyl (C=O) groups is 1. The van der Waals surface area contributed by atoms with E-state index in [1.54, 1.807) is 6.92 Å². The number of halogens is 1. The summed E-state index contributed by atoms with van der Waals surface area (Å²) in [6, 6.07) is 0. The van der Waals surface area contributed by atoms with Crippen molar-refractivity contribution in [3.8, 4) is 0 Å². The third kappa shape index (κ3) is 4.56. The van der Waals surface area contributed by atoms with Crippen molar-refractivity contribution in [3.05, 3.63) is 16.5 Å². The van der Waals surface area contributed by atoms with Crippen LogP contribution in [0.5, 0.6) is 0 Å². The van der Waals surface area contributed by atoms with E-state index in [0.717, 1.165) is 30.8 Å². The number of rotatable bonds is 6. The first-order chi connectivity index (χ1) is 8.00. The van der Waals surface area contributed by atoms with Crippen molar-refractivity contribution in [1.82, 2.24) is 9.97 Å². The van der Waals surface area contributed by atoms with Crippen molar-refractivity contribution in [3.63, 3.8) is 0 Å². The van der Waals surface area contributed by atoms with Gasteiger partial charge in [-0.05, 0) is 26.7 Å². The Bertz CT molecular complexity index is 409. The standard InChI is InChI=1S/C11H17ClN4O/c1-7-10(12)15-8(2)16-11(7)14-6-4-3-5-9(13)17/h3-6H2,1-2H3,(H2,13,17)(H,14,15,16). The van der Waals surface area contributed by atoms with Crippen LogP contribution in [-0.2, 0) is 4.79 Å². The smallest absolute Gasteiger partial charge is 0.217 e. The summed E-state index contributed by atoms with van der Waals surface area (Å²) in [7, 11) is 0. The van der Waals surface area contributed by atoms with Crippen molar-refractivity contribution in [2.45, 2.75) is 33.1 Å². The summed E-state index contributed by atoms with van der Waals surface area (Å²) < 4.78 is 0. The number of amides is 1. The lowest BCUT2D eigenvalue weighted by molar-refractivity contribution is -0.118. The summed E-state index contributed by atoms with van der Waals surface area (Å²) in [5.41, 5.74) is 5.89. The van der Waals surface area contributed by atoms with E-state index < -0.39 is 0 Å². The number of hydrogen-bond donors (Lipinski definition) is 2. The molecule has 0 spiro atoms. The number of primary amides is 1. The molecule has 0 unspecified atom stereocenters. The lowest BCUT2D eigenvalue weighted by atomic mass is 10.2. The third-order valence-electron chi connectivity index (χ3n) is 2.34. The van der Waals surface area contributed by atoms with Gasteiger partial charge in [-0.25, -0.2) is 9.97 Å². The summed E-state index contributed by atoms with van der Waals surface area (Å²) >= 11 is 5.95. The zero-order valence-electron chi connectivity index (χ0n) is 10.1. The highest BCUT2D eigenvalue weighted by Gasteiger charge is 2.06. The zero-order valence-corrected chi connectivity index (χ0v) is 10.8. The third-order valence-corrected chi connectivity index (χ3v) is 2.71. The van der Waals surface area contributed by atoms with Crippen LogP contribution in [0.3, 0.4) is 0 Å². The van der Waals surface area contributed by atoms with Crippen LogP contribution >= 0.6 is 11.6 Å². The summed E-state index contributed by atoms with van der Waals surface area (Å²) in [6.07, 6.45) is 2.06. The minimum absolute atomic E-state index is 0.262. The van der Waals surface area contributed by atoms with Gasteiger partial charge in [0.25, 0.3) is 0 Å². The second-order valence-electron chi connectivity index (χ2n) is 3.89. The first-order valence-electron chi connectivity index (χ1n) is 5.53. The maximum Gasteiger partial charge on any atom is 0.217 e. The van der Waals surface area contributed by atoms with Crippen LogP contribution in [0.2, 0.25) is 5.15 Å². The van der Waals surface area contributed by atoms with Gasteiger partial charge >= 0.3 is 0 Å². The first-order valence-corrected chi connectivity index (χ1v) is 5.91. The van der Waals surface area contributed by atoms with Crippen LogP contribution in [0, 0.1) is 13.8 Å². The second-order valence-corrected chi connectivity index (χ2v) is 4.24. The fourth-order valence-electron chi connectivity index (χ4n) is 1.40. The average Bonchev–Trinajstić information content (AvgIpc) is 2.23. The maximum absolute atomic E-state index is 10.5. The van der Waals surface area contributed by atoms with E-state index in [1.807, 2.05) is 6.92 Å². The molecule has 1 amide bonds. The molecular formula is C11H17ClN4O. The Morgan fingerprint density at radius 1 is 1.35 bits per heavy atom. The van der Waals surface area contributed by atoms with Gasteiger partial charge in [-0.15, -0.1) is 0 Å². The molecule has 0 saturated carbocycles. The normalized spacial score (nSPS) is 10.3. The molecule has 0 radical (unpaired) electrons. The molecule has 1 aromatic rings. The van der Waals surface area contributed by atoms with Gasteiger partial charge in [-0.2, -0.15) is 0 Å². The van der Waals surface area contributed by atoms with E-state index in [4.69, 9.17) is 17.3 Å². The molecule has 6 heteroatoms. The Labute approximate surface area is 106 Å². The molecule has 0 aromatic carbocycles. The van der Waals surface area contributed by atoms with Crippen LogP contribution in [0.15, 0.2) is 0 Å². The molecule has 0 aliphatic heterocycles. The molecular weight excluding hydrogens is 240 g/mol. The molecule has 0 saturated heterocycles. The topological polar surface area (TPSA) is 80.9 Å². The van der Waals surface area contributed by atoms with Gasteiger partial charge in [0.2, 0.25) is 5.91 Å². The van der Waals surface area contributed by atoms with E-state index in [1.165, 1.54) is 0 Å². The summed E-state index contributed by atoms with van der Waals surface area (Å²) in [4.78, 5) is 18.9. The number of hydrogen-bond acceptors (Lipinski definition) is 4. The predicted molar refractivity (Wildman–Crippen MR) is 68.1 cm³/mol. The van der Waals surface area contributed by atoms with E-state index in [9.17, 15) is 4.79 Å². The van der Waals surface area contributed by atoms with Gasteiger partial charge < -0.3 is 11.1 Å². The van der Waals surface area contributed by atoms with Crippen LogP contribution < -0.4 is 11.1 Å². The van der Waals surface area contributed by atoms with E-state index in [0.29, 0.717) is 17.4 Å². The predicted octanol–water partition coefficient (Wildman–Crippen LogP) is 1.81. The van der Waals surface area contributed by atoms with Crippen molar-refractivity contribution in [2.24, 2.45) is 5.73 Å². The fraction of sp³-hybridized carbons (Fsp3) is 0.545. The number of anilines is 1. The molecule has 17 heavy (non-hydrogen) atoms. The fourth-order valence-corrected chi connectivity index (χ4v) is 1.61. The summed E-state index contributed by atoms with van der Waals surface area (Å²) in [5, 5.41) is 3.65. The lowest BCUT2D eigenvalue weighted by Crippen LogP contribution is -2.11. The Balaban J connectivity index is 2.44. The number of nitrogens with zero attached hydrogens (tertiary/aromatic N) is 2. The van der Waals surface area contributed by atoms with Crippen molar-refractivity contribution in [2.75, 3.05) is 11.9 Å². The van der Waals surface area contributed by atoms with Crippen LogP contribution in [0.25, 0.3) is 0 Å². The number of nitrogens with one attached hydrogen (secondary N) is 1. The van der Waals surface area contributed by atoms with Crippen molar-refractivity contribution < 1.29 is 4.79 Å².